The van der Waals surface area contributed by atoms with Crippen LogP contribution < -0.4 is 0 Å². The third kappa shape index (κ3) is 2.93. The molecule has 0 aromatic heterocycles. The number of hydrogen-bond donors (Lipinski definition) is 0. The Morgan fingerprint density at radius 1 is 0.914 bits per heavy atom. The first kappa shape index (κ1) is 24.9. The summed E-state index contributed by atoms with van der Waals surface area (Å²) in [5, 5.41) is 9.84. The minimum Gasteiger partial charge on any atom is -0.303 e. The zero-order chi connectivity index (χ0) is 25.8. The minimum atomic E-state index is -0.608. The maximum absolute atomic E-state index is 14.3. The van der Waals surface area contributed by atoms with Crippen LogP contribution in [0, 0.1) is 67.5 Å². The fourth-order valence-electron chi connectivity index (χ4n) is 10.6. The normalized spacial score (nSPS) is 49.9. The smallest absolute Gasteiger partial charge is 0.178 e. The quantitative estimate of drug-likeness (QED) is 0.405. The van der Waals surface area contributed by atoms with Crippen molar-refractivity contribution in [3.8, 4) is 6.07 Å². The predicted octanol–water partition coefficient (Wildman–Crippen LogP) is 6.48. The molecular weight excluding hydrogens is 434 g/mol. The zero-order valence-corrected chi connectivity index (χ0v) is 22.8. The zero-order valence-electron chi connectivity index (χ0n) is 22.8. The number of hydrogen-bond acceptors (Lipinski definition) is 4. The van der Waals surface area contributed by atoms with Crippen LogP contribution in [0.4, 0.5) is 0 Å². The molecule has 8 atom stereocenters. The van der Waals surface area contributed by atoms with E-state index in [-0.39, 0.29) is 62.1 Å². The van der Waals surface area contributed by atoms with Gasteiger partial charge in [0.1, 0.15) is 18.1 Å². The van der Waals surface area contributed by atoms with E-state index in [1.165, 1.54) is 6.29 Å². The lowest BCUT2D eigenvalue weighted by atomic mass is 9.31. The van der Waals surface area contributed by atoms with E-state index in [1.54, 1.807) is 0 Å². The summed E-state index contributed by atoms with van der Waals surface area (Å²) in [7, 11) is 0. The van der Waals surface area contributed by atoms with E-state index in [0.717, 1.165) is 44.9 Å². The fourth-order valence-corrected chi connectivity index (χ4v) is 10.6. The average molecular weight is 478 g/mol. The SMILES string of the molecule is CC1(C)CC[C@]2(C=O)CC[C@]3(C)C(C(=O)CC4[C@@]5(C)C=C(C#N)C(=O)C(C)(C)C5CC[C@]43C)C2C1. The number of rotatable bonds is 1. The molecule has 4 heteroatoms. The number of carbonyl (C=O) groups is 3. The Morgan fingerprint density at radius 3 is 2.20 bits per heavy atom. The lowest BCUT2D eigenvalue weighted by molar-refractivity contribution is -0.219. The first-order valence-corrected chi connectivity index (χ1v) is 13.8. The number of Topliss-reactive ketones (excluding diaryl/α,β-unsaturated/α-hetero) is 2. The molecule has 0 heterocycles. The molecule has 0 amide bonds. The Balaban J connectivity index is 1.64. The Hall–Kier alpha value is -1.76. The number of ketones is 2. The molecule has 35 heavy (non-hydrogen) atoms. The van der Waals surface area contributed by atoms with Crippen molar-refractivity contribution in [1.29, 1.82) is 5.26 Å². The van der Waals surface area contributed by atoms with Gasteiger partial charge in [-0.1, -0.05) is 54.5 Å². The molecule has 4 unspecified atom stereocenters. The van der Waals surface area contributed by atoms with Crippen LogP contribution in [-0.4, -0.2) is 17.9 Å². The maximum Gasteiger partial charge on any atom is 0.178 e. The molecule has 5 rings (SSSR count). The maximum atomic E-state index is 14.3. The molecule has 190 valence electrons. The van der Waals surface area contributed by atoms with Crippen LogP contribution in [0.1, 0.15) is 99.8 Å². The van der Waals surface area contributed by atoms with Gasteiger partial charge in [0, 0.05) is 23.2 Å². The third-order valence-electron chi connectivity index (χ3n) is 12.8. The van der Waals surface area contributed by atoms with Crippen molar-refractivity contribution < 1.29 is 14.4 Å². The van der Waals surface area contributed by atoms with Crippen LogP contribution >= 0.6 is 0 Å². The van der Waals surface area contributed by atoms with Crippen LogP contribution in [0.15, 0.2) is 11.6 Å². The van der Waals surface area contributed by atoms with Gasteiger partial charge in [-0.15, -0.1) is 0 Å². The summed E-state index contributed by atoms with van der Waals surface area (Å²) in [6.45, 7) is 15.6. The van der Waals surface area contributed by atoms with Gasteiger partial charge >= 0.3 is 0 Å². The molecule has 5 aliphatic rings. The van der Waals surface area contributed by atoms with Crippen LogP contribution in [0.3, 0.4) is 0 Å². The summed E-state index contributed by atoms with van der Waals surface area (Å²) in [6.07, 6.45) is 10.3. The molecular formula is C31H43NO3. The second-order valence-electron chi connectivity index (χ2n) is 15.0. The van der Waals surface area contributed by atoms with Crippen molar-refractivity contribution in [2.45, 2.75) is 99.8 Å². The summed E-state index contributed by atoms with van der Waals surface area (Å²) < 4.78 is 0. The van der Waals surface area contributed by atoms with Crippen molar-refractivity contribution in [1.82, 2.24) is 0 Å². The standard InChI is InChI=1S/C31H43NO3/c1-26(2)10-12-31(18-33)13-11-30(7)24(20(31)16-26)21(34)14-23-28(5)15-19(17-32)25(35)27(3,4)22(28)8-9-29(23,30)6/h15,18,20,22-24H,8-14,16H2,1-7H3/t20?,22?,23?,24?,28-,29+,30+,31+/m0/s1. The van der Waals surface area contributed by atoms with Crippen molar-refractivity contribution in [3.63, 3.8) is 0 Å². The molecule has 0 bridgehead atoms. The van der Waals surface area contributed by atoms with E-state index in [9.17, 15) is 19.6 Å². The Labute approximate surface area is 211 Å². The van der Waals surface area contributed by atoms with Crippen LogP contribution in [0.2, 0.25) is 0 Å². The van der Waals surface area contributed by atoms with Crippen molar-refractivity contribution >= 4 is 17.9 Å². The van der Waals surface area contributed by atoms with Crippen LogP contribution in [0.25, 0.3) is 0 Å². The largest absolute Gasteiger partial charge is 0.303 e. The Kier molecular flexibility index (Phi) is 5.10. The number of allylic oxidation sites excluding steroid dienone is 2. The summed E-state index contributed by atoms with van der Waals surface area (Å²) >= 11 is 0. The summed E-state index contributed by atoms with van der Waals surface area (Å²) in [5.41, 5.74) is -1.18. The van der Waals surface area contributed by atoms with E-state index in [1.807, 2.05) is 19.9 Å². The van der Waals surface area contributed by atoms with E-state index in [4.69, 9.17) is 0 Å². The van der Waals surface area contributed by atoms with Gasteiger partial charge in [0.25, 0.3) is 0 Å². The molecule has 5 aliphatic carbocycles. The Morgan fingerprint density at radius 2 is 1.57 bits per heavy atom. The number of carbonyl (C=O) groups excluding carboxylic acids is 3. The van der Waals surface area contributed by atoms with Gasteiger partial charge in [0.2, 0.25) is 0 Å². The summed E-state index contributed by atoms with van der Waals surface area (Å²) in [4.78, 5) is 40.1. The summed E-state index contributed by atoms with van der Waals surface area (Å²) in [5.74, 6) is 0.533. The molecule has 0 aliphatic heterocycles. The second-order valence-corrected chi connectivity index (χ2v) is 15.0. The van der Waals surface area contributed by atoms with Gasteiger partial charge in [0.15, 0.2) is 5.78 Å². The number of nitriles is 1. The third-order valence-corrected chi connectivity index (χ3v) is 12.8. The molecule has 4 nitrogen and oxygen atoms in total. The average Bonchev–Trinajstić information content (AvgIpc) is 2.77. The highest BCUT2D eigenvalue weighted by Crippen LogP contribution is 2.75. The lowest BCUT2D eigenvalue weighted by Gasteiger charge is -2.71. The van der Waals surface area contributed by atoms with Gasteiger partial charge in [-0.25, -0.2) is 0 Å². The van der Waals surface area contributed by atoms with Crippen molar-refractivity contribution in [2.24, 2.45) is 56.2 Å². The first-order chi connectivity index (χ1) is 16.1. The molecule has 4 fully saturated rings. The lowest BCUT2D eigenvalue weighted by Crippen LogP contribution is -2.68. The first-order valence-electron chi connectivity index (χ1n) is 13.8. The van der Waals surface area contributed by atoms with Crippen LogP contribution in [-0.2, 0) is 14.4 Å². The highest BCUT2D eigenvalue weighted by Gasteiger charge is 2.72. The molecule has 0 aromatic carbocycles. The number of aldehydes is 1. The van der Waals surface area contributed by atoms with E-state index < -0.39 is 5.41 Å². The topological polar surface area (TPSA) is 75.0 Å². The van der Waals surface area contributed by atoms with Gasteiger partial charge in [0.05, 0.1) is 5.57 Å². The molecule has 4 saturated carbocycles. The van der Waals surface area contributed by atoms with Gasteiger partial charge in [-0.2, -0.15) is 5.26 Å². The second kappa shape index (κ2) is 7.17. The minimum absolute atomic E-state index is 0.0461. The molecule has 0 saturated heterocycles. The van der Waals surface area contributed by atoms with Crippen molar-refractivity contribution in [3.05, 3.63) is 11.6 Å². The van der Waals surface area contributed by atoms with E-state index in [2.05, 4.69) is 40.7 Å². The van der Waals surface area contributed by atoms with Crippen LogP contribution in [0.5, 0.6) is 0 Å². The Bertz CT molecular complexity index is 1080. The van der Waals surface area contributed by atoms with Gasteiger partial charge in [-0.05, 0) is 84.4 Å². The molecule has 0 radical (unpaired) electrons. The van der Waals surface area contributed by atoms with E-state index in [0.29, 0.717) is 12.2 Å². The predicted molar refractivity (Wildman–Crippen MR) is 135 cm³/mol. The highest BCUT2D eigenvalue weighted by molar-refractivity contribution is 6.04. The highest BCUT2D eigenvalue weighted by atomic mass is 16.1. The number of nitrogens with zero attached hydrogens (tertiary/aromatic N) is 1. The molecule has 0 aromatic rings. The molecule has 0 spiro atoms. The molecule has 0 N–H and O–H groups in total. The fraction of sp³-hybridized carbons (Fsp3) is 0.806. The van der Waals surface area contributed by atoms with Crippen molar-refractivity contribution in [2.75, 3.05) is 0 Å². The summed E-state index contributed by atoms with van der Waals surface area (Å²) in [6, 6.07) is 2.20. The number of fused-ring (bicyclic) bond motifs is 7. The van der Waals surface area contributed by atoms with Gasteiger partial charge < -0.3 is 4.79 Å². The monoisotopic (exact) mass is 477 g/mol. The van der Waals surface area contributed by atoms with Gasteiger partial charge in [-0.3, -0.25) is 9.59 Å². The van der Waals surface area contributed by atoms with E-state index >= 15 is 0 Å².